The fraction of sp³-hybridized carbons (Fsp3) is 0.478. The Kier molecular flexibility index (Phi) is 6.62. The average molecular weight is 394 g/mol. The van der Waals surface area contributed by atoms with Crippen molar-refractivity contribution < 1.29 is 4.74 Å². The van der Waals surface area contributed by atoms with Crippen LogP contribution in [0.25, 0.3) is 0 Å². The Morgan fingerprint density at radius 3 is 2.79 bits per heavy atom. The van der Waals surface area contributed by atoms with Crippen molar-refractivity contribution in [2.24, 2.45) is 0 Å². The van der Waals surface area contributed by atoms with E-state index in [0.29, 0.717) is 5.95 Å². The molecule has 6 heteroatoms. The summed E-state index contributed by atoms with van der Waals surface area (Å²) in [6, 6.07) is 10.3. The van der Waals surface area contributed by atoms with Crippen LogP contribution >= 0.6 is 0 Å². The van der Waals surface area contributed by atoms with Gasteiger partial charge in [-0.3, -0.25) is 0 Å². The summed E-state index contributed by atoms with van der Waals surface area (Å²) < 4.78 is 5.49. The van der Waals surface area contributed by atoms with Gasteiger partial charge in [-0.2, -0.15) is 4.98 Å². The minimum Gasteiger partial charge on any atom is -0.378 e. The largest absolute Gasteiger partial charge is 0.378 e. The Morgan fingerprint density at radius 1 is 1.10 bits per heavy atom. The number of allylic oxidation sites excluding steroid dienone is 1. The van der Waals surface area contributed by atoms with Crippen molar-refractivity contribution in [3.05, 3.63) is 47.7 Å². The van der Waals surface area contributed by atoms with Crippen LogP contribution in [-0.4, -0.2) is 42.8 Å². The van der Waals surface area contributed by atoms with Crippen LogP contribution < -0.4 is 15.5 Å². The molecular weight excluding hydrogens is 362 g/mol. The smallest absolute Gasteiger partial charge is 0.229 e. The Bertz CT molecular complexity index is 845. The van der Waals surface area contributed by atoms with E-state index in [2.05, 4.69) is 44.8 Å². The molecule has 1 aromatic carbocycles. The minimum absolute atomic E-state index is 0.630. The van der Waals surface area contributed by atoms with Gasteiger partial charge in [0.15, 0.2) is 0 Å². The van der Waals surface area contributed by atoms with Gasteiger partial charge in [-0.25, -0.2) is 4.98 Å². The highest BCUT2D eigenvalue weighted by atomic mass is 16.5. The molecule has 1 fully saturated rings. The molecule has 2 aliphatic rings. The predicted molar refractivity (Wildman–Crippen MR) is 119 cm³/mol. The number of nitrogens with one attached hydrogen (secondary N) is 2. The number of nitrogens with zero attached hydrogens (tertiary/aromatic N) is 3. The van der Waals surface area contributed by atoms with Crippen molar-refractivity contribution in [1.82, 2.24) is 9.97 Å². The first-order chi connectivity index (χ1) is 14.3. The van der Waals surface area contributed by atoms with E-state index >= 15 is 0 Å². The number of hydrogen-bond acceptors (Lipinski definition) is 6. The number of ether oxygens (including phenoxy) is 1. The summed E-state index contributed by atoms with van der Waals surface area (Å²) >= 11 is 0. The van der Waals surface area contributed by atoms with Crippen molar-refractivity contribution in [3.63, 3.8) is 0 Å². The summed E-state index contributed by atoms with van der Waals surface area (Å²) in [6.07, 6.45) is 8.64. The predicted octanol–water partition coefficient (Wildman–Crippen LogP) is 4.67. The molecule has 2 N–H and O–H groups in total. The van der Waals surface area contributed by atoms with Gasteiger partial charge in [0.2, 0.25) is 5.95 Å². The molecule has 0 unspecified atom stereocenters. The molecule has 0 radical (unpaired) electrons. The molecule has 4 rings (SSSR count). The fourth-order valence-corrected chi connectivity index (χ4v) is 3.98. The van der Waals surface area contributed by atoms with Crippen LogP contribution in [0.1, 0.15) is 37.8 Å². The third-order valence-corrected chi connectivity index (χ3v) is 5.49. The van der Waals surface area contributed by atoms with Gasteiger partial charge in [-0.1, -0.05) is 23.8 Å². The van der Waals surface area contributed by atoms with E-state index in [0.717, 1.165) is 56.5 Å². The topological polar surface area (TPSA) is 62.3 Å². The molecule has 1 aliphatic carbocycles. The van der Waals surface area contributed by atoms with E-state index in [4.69, 9.17) is 9.72 Å². The highest BCUT2D eigenvalue weighted by molar-refractivity contribution is 5.73. The lowest BCUT2D eigenvalue weighted by Gasteiger charge is -2.30. The Morgan fingerprint density at radius 2 is 1.97 bits per heavy atom. The monoisotopic (exact) mass is 393 g/mol. The van der Waals surface area contributed by atoms with Crippen molar-refractivity contribution >= 4 is 23.1 Å². The van der Waals surface area contributed by atoms with E-state index in [1.165, 1.54) is 31.4 Å². The van der Waals surface area contributed by atoms with Crippen molar-refractivity contribution in [3.8, 4) is 0 Å². The molecule has 0 bridgehead atoms. The number of morpholine rings is 1. The molecule has 0 atom stereocenters. The Balaban J connectivity index is 1.43. The van der Waals surface area contributed by atoms with Gasteiger partial charge < -0.3 is 20.3 Å². The third kappa shape index (κ3) is 5.48. The number of aromatic nitrogens is 2. The molecule has 1 aliphatic heterocycles. The summed E-state index contributed by atoms with van der Waals surface area (Å²) in [5.74, 6) is 1.50. The van der Waals surface area contributed by atoms with Crippen LogP contribution in [0.3, 0.4) is 0 Å². The zero-order valence-electron chi connectivity index (χ0n) is 17.3. The van der Waals surface area contributed by atoms with Gasteiger partial charge in [-0.15, -0.1) is 0 Å². The van der Waals surface area contributed by atoms with Crippen LogP contribution in [0.15, 0.2) is 42.0 Å². The van der Waals surface area contributed by atoms with Crippen molar-refractivity contribution in [2.45, 2.75) is 39.0 Å². The van der Waals surface area contributed by atoms with Crippen LogP contribution in [0.5, 0.6) is 0 Å². The second kappa shape index (κ2) is 9.74. The summed E-state index contributed by atoms with van der Waals surface area (Å²) in [4.78, 5) is 11.6. The summed E-state index contributed by atoms with van der Waals surface area (Å²) in [5.41, 5.74) is 4.72. The van der Waals surface area contributed by atoms with Gasteiger partial charge >= 0.3 is 0 Å². The normalized spacial score (nSPS) is 17.0. The average Bonchev–Trinajstić information content (AvgIpc) is 2.75. The quantitative estimate of drug-likeness (QED) is 0.667. The van der Waals surface area contributed by atoms with E-state index in [1.807, 2.05) is 19.1 Å². The summed E-state index contributed by atoms with van der Waals surface area (Å²) in [5, 5.41) is 6.91. The number of benzene rings is 1. The van der Waals surface area contributed by atoms with Crippen molar-refractivity contribution in [1.29, 1.82) is 0 Å². The standard InChI is InChI=1S/C23H31N5O/c1-18-17-22(24-12-11-19-7-3-2-4-8-19)27-23(25-18)26-20-9-5-6-10-21(20)28-13-15-29-16-14-28/h5-7,9-10,17H,2-4,8,11-16H2,1H3,(H2,24,25,26,27). The number of anilines is 4. The second-order valence-electron chi connectivity index (χ2n) is 7.74. The third-order valence-electron chi connectivity index (χ3n) is 5.49. The van der Waals surface area contributed by atoms with E-state index in [-0.39, 0.29) is 0 Å². The highest BCUT2D eigenvalue weighted by Crippen LogP contribution is 2.28. The van der Waals surface area contributed by atoms with Crippen molar-refractivity contribution in [2.75, 3.05) is 48.4 Å². The summed E-state index contributed by atoms with van der Waals surface area (Å²) in [7, 11) is 0. The van der Waals surface area contributed by atoms with Gasteiger partial charge in [0.25, 0.3) is 0 Å². The molecule has 1 saturated heterocycles. The zero-order chi connectivity index (χ0) is 19.9. The lowest BCUT2D eigenvalue weighted by molar-refractivity contribution is 0.123. The van der Waals surface area contributed by atoms with Gasteiger partial charge in [0.1, 0.15) is 5.82 Å². The van der Waals surface area contributed by atoms with Crippen LogP contribution in [-0.2, 0) is 4.74 Å². The molecule has 6 nitrogen and oxygen atoms in total. The first-order valence-corrected chi connectivity index (χ1v) is 10.7. The molecule has 0 spiro atoms. The highest BCUT2D eigenvalue weighted by Gasteiger charge is 2.15. The van der Waals surface area contributed by atoms with Gasteiger partial charge in [-0.05, 0) is 51.2 Å². The van der Waals surface area contributed by atoms with E-state index < -0.39 is 0 Å². The minimum atomic E-state index is 0.630. The number of aryl methyl sites for hydroxylation is 1. The van der Waals surface area contributed by atoms with Crippen LogP contribution in [0.4, 0.5) is 23.1 Å². The second-order valence-corrected chi connectivity index (χ2v) is 7.74. The lowest BCUT2D eigenvalue weighted by atomic mass is 9.97. The molecule has 154 valence electrons. The molecule has 2 heterocycles. The fourth-order valence-electron chi connectivity index (χ4n) is 3.98. The van der Waals surface area contributed by atoms with Gasteiger partial charge in [0, 0.05) is 31.4 Å². The first-order valence-electron chi connectivity index (χ1n) is 10.7. The molecule has 29 heavy (non-hydrogen) atoms. The lowest BCUT2D eigenvalue weighted by Crippen LogP contribution is -2.36. The number of hydrogen-bond donors (Lipinski definition) is 2. The van der Waals surface area contributed by atoms with Crippen LogP contribution in [0, 0.1) is 6.92 Å². The van der Waals surface area contributed by atoms with E-state index in [9.17, 15) is 0 Å². The number of rotatable bonds is 7. The number of para-hydroxylation sites is 2. The summed E-state index contributed by atoms with van der Waals surface area (Å²) in [6.45, 7) is 6.24. The molecule has 2 aromatic rings. The van der Waals surface area contributed by atoms with E-state index in [1.54, 1.807) is 5.57 Å². The van der Waals surface area contributed by atoms with Gasteiger partial charge in [0.05, 0.1) is 24.6 Å². The van der Waals surface area contributed by atoms with Crippen LogP contribution in [0.2, 0.25) is 0 Å². The molecule has 1 aromatic heterocycles. The Hall–Kier alpha value is -2.60. The Labute approximate surface area is 173 Å². The molecular formula is C23H31N5O. The maximum absolute atomic E-state index is 5.49. The molecule has 0 saturated carbocycles. The SMILES string of the molecule is Cc1cc(NCCC2=CCCCC2)nc(Nc2ccccc2N2CCOCC2)n1. The first kappa shape index (κ1) is 19.7. The zero-order valence-corrected chi connectivity index (χ0v) is 17.3. The maximum atomic E-state index is 5.49. The molecule has 0 amide bonds. The maximum Gasteiger partial charge on any atom is 0.229 e.